The average Bonchev–Trinajstić information content (AvgIpc) is 2.14. The fraction of sp³-hybridized carbons (Fsp3) is 0.692. The van der Waals surface area contributed by atoms with E-state index in [4.69, 9.17) is 9.47 Å². The van der Waals surface area contributed by atoms with Crippen molar-refractivity contribution in [3.05, 3.63) is 11.6 Å². The predicted molar refractivity (Wildman–Crippen MR) is 69.2 cm³/mol. The maximum atomic E-state index is 11.3. The van der Waals surface area contributed by atoms with Gasteiger partial charge in [0.1, 0.15) is 5.60 Å². The van der Waals surface area contributed by atoms with Crippen LogP contribution in [0.15, 0.2) is 11.6 Å². The highest BCUT2D eigenvalue weighted by Crippen LogP contribution is 2.06. The van der Waals surface area contributed by atoms with Gasteiger partial charge in [-0.2, -0.15) is 0 Å². The first-order valence-corrected chi connectivity index (χ1v) is 6.05. The Morgan fingerprint density at radius 3 is 2.39 bits per heavy atom. The van der Waals surface area contributed by atoms with Gasteiger partial charge in [0.25, 0.3) is 0 Å². The number of esters is 1. The average molecular weight is 257 g/mol. The Morgan fingerprint density at radius 1 is 1.28 bits per heavy atom. The topological polar surface area (TPSA) is 64.6 Å². The normalized spacial score (nSPS) is 11.9. The van der Waals surface area contributed by atoms with Gasteiger partial charge in [-0.3, -0.25) is 0 Å². The van der Waals surface area contributed by atoms with E-state index in [1.54, 1.807) is 27.7 Å². The first-order chi connectivity index (χ1) is 8.24. The number of nitrogens with one attached hydrogen (secondary N) is 1. The van der Waals surface area contributed by atoms with Gasteiger partial charge in [0.05, 0.1) is 6.61 Å². The van der Waals surface area contributed by atoms with E-state index in [9.17, 15) is 9.59 Å². The maximum absolute atomic E-state index is 11.3. The van der Waals surface area contributed by atoms with E-state index in [0.717, 1.165) is 5.57 Å². The molecule has 1 amide bonds. The lowest BCUT2D eigenvalue weighted by Gasteiger charge is -2.19. The second-order valence-corrected chi connectivity index (χ2v) is 4.92. The number of alkyl carbamates (subject to hydrolysis) is 1. The molecule has 0 aromatic heterocycles. The first-order valence-electron chi connectivity index (χ1n) is 6.05. The van der Waals surface area contributed by atoms with Crippen molar-refractivity contribution in [2.75, 3.05) is 13.2 Å². The first kappa shape index (κ1) is 16.5. The SMILES string of the molecule is CCOC(=O)/C=C(\C)CCNC(=O)OC(C)(C)C. The van der Waals surface area contributed by atoms with Crippen LogP contribution in [0.5, 0.6) is 0 Å². The third-order valence-electron chi connectivity index (χ3n) is 1.84. The molecule has 0 aromatic carbocycles. The fourth-order valence-corrected chi connectivity index (χ4v) is 1.13. The monoisotopic (exact) mass is 257 g/mol. The predicted octanol–water partition coefficient (Wildman–Crippen LogP) is 2.41. The fourth-order valence-electron chi connectivity index (χ4n) is 1.13. The van der Waals surface area contributed by atoms with Crippen LogP contribution in [-0.2, 0) is 14.3 Å². The van der Waals surface area contributed by atoms with E-state index in [1.807, 2.05) is 6.92 Å². The van der Waals surface area contributed by atoms with Crippen molar-refractivity contribution in [3.63, 3.8) is 0 Å². The molecule has 104 valence electrons. The number of carbonyl (C=O) groups is 2. The molecule has 0 aliphatic rings. The molecular weight excluding hydrogens is 234 g/mol. The van der Waals surface area contributed by atoms with Gasteiger partial charge in [-0.25, -0.2) is 9.59 Å². The molecule has 0 aliphatic heterocycles. The van der Waals surface area contributed by atoms with Crippen molar-refractivity contribution in [1.29, 1.82) is 0 Å². The van der Waals surface area contributed by atoms with E-state index in [1.165, 1.54) is 6.08 Å². The van der Waals surface area contributed by atoms with Gasteiger partial charge in [-0.05, 0) is 41.0 Å². The molecule has 0 spiro atoms. The third kappa shape index (κ3) is 9.69. The summed E-state index contributed by atoms with van der Waals surface area (Å²) in [6.45, 7) is 9.77. The van der Waals surface area contributed by atoms with E-state index in [2.05, 4.69) is 5.32 Å². The molecule has 0 unspecified atom stereocenters. The summed E-state index contributed by atoms with van der Waals surface area (Å²) in [4.78, 5) is 22.4. The standard InChI is InChI=1S/C13H23NO4/c1-6-17-11(15)9-10(2)7-8-14-12(16)18-13(3,4)5/h9H,6-8H2,1-5H3,(H,14,16)/b10-9+. The second-order valence-electron chi connectivity index (χ2n) is 4.92. The number of rotatable bonds is 5. The third-order valence-corrected chi connectivity index (χ3v) is 1.84. The van der Waals surface area contributed by atoms with Crippen molar-refractivity contribution < 1.29 is 19.1 Å². The minimum absolute atomic E-state index is 0.354. The number of hydrogen-bond donors (Lipinski definition) is 1. The Kier molecular flexibility index (Phi) is 7.08. The highest BCUT2D eigenvalue weighted by atomic mass is 16.6. The summed E-state index contributed by atoms with van der Waals surface area (Å²) in [6.07, 6.45) is 1.56. The van der Waals surface area contributed by atoms with Crippen molar-refractivity contribution in [2.24, 2.45) is 0 Å². The zero-order valence-corrected chi connectivity index (χ0v) is 11.8. The largest absolute Gasteiger partial charge is 0.463 e. The number of amides is 1. The zero-order chi connectivity index (χ0) is 14.2. The summed E-state index contributed by atoms with van der Waals surface area (Å²) < 4.78 is 9.86. The van der Waals surface area contributed by atoms with Crippen LogP contribution in [0.2, 0.25) is 0 Å². The molecule has 0 fully saturated rings. The van der Waals surface area contributed by atoms with E-state index in [-0.39, 0.29) is 5.97 Å². The second kappa shape index (κ2) is 7.74. The molecule has 0 saturated heterocycles. The van der Waals surface area contributed by atoms with Gasteiger partial charge < -0.3 is 14.8 Å². The Hall–Kier alpha value is -1.52. The molecule has 0 aromatic rings. The van der Waals surface area contributed by atoms with Crippen LogP contribution in [0.1, 0.15) is 41.0 Å². The van der Waals surface area contributed by atoms with Gasteiger partial charge in [0.2, 0.25) is 0 Å². The number of hydrogen-bond acceptors (Lipinski definition) is 4. The summed E-state index contributed by atoms with van der Waals surface area (Å²) in [5.74, 6) is -0.354. The molecular formula is C13H23NO4. The minimum atomic E-state index is -0.500. The lowest BCUT2D eigenvalue weighted by atomic mass is 10.2. The maximum Gasteiger partial charge on any atom is 0.407 e. The smallest absolute Gasteiger partial charge is 0.407 e. The highest BCUT2D eigenvalue weighted by molar-refractivity contribution is 5.82. The molecule has 0 rings (SSSR count). The van der Waals surface area contributed by atoms with Crippen molar-refractivity contribution >= 4 is 12.1 Å². The van der Waals surface area contributed by atoms with Gasteiger partial charge in [0, 0.05) is 12.6 Å². The molecule has 18 heavy (non-hydrogen) atoms. The van der Waals surface area contributed by atoms with Crippen LogP contribution < -0.4 is 5.32 Å². The molecule has 1 N–H and O–H groups in total. The number of ether oxygens (including phenoxy) is 2. The molecule has 5 nitrogen and oxygen atoms in total. The van der Waals surface area contributed by atoms with Gasteiger partial charge in [0.15, 0.2) is 0 Å². The summed E-state index contributed by atoms with van der Waals surface area (Å²) in [5, 5.41) is 2.62. The summed E-state index contributed by atoms with van der Waals surface area (Å²) in [6, 6.07) is 0. The Labute approximate surface area is 109 Å². The minimum Gasteiger partial charge on any atom is -0.463 e. The Morgan fingerprint density at radius 2 is 1.89 bits per heavy atom. The molecule has 0 saturated carbocycles. The number of carbonyl (C=O) groups excluding carboxylic acids is 2. The molecule has 0 aliphatic carbocycles. The van der Waals surface area contributed by atoms with Crippen LogP contribution in [0.4, 0.5) is 4.79 Å². The van der Waals surface area contributed by atoms with E-state index < -0.39 is 11.7 Å². The molecule has 0 bridgehead atoms. The summed E-state index contributed by atoms with van der Waals surface area (Å²) >= 11 is 0. The van der Waals surface area contributed by atoms with Crippen LogP contribution in [0.25, 0.3) is 0 Å². The van der Waals surface area contributed by atoms with Crippen LogP contribution in [-0.4, -0.2) is 30.8 Å². The van der Waals surface area contributed by atoms with Crippen LogP contribution >= 0.6 is 0 Å². The summed E-state index contributed by atoms with van der Waals surface area (Å²) in [7, 11) is 0. The molecule has 0 atom stereocenters. The van der Waals surface area contributed by atoms with Crippen LogP contribution in [0.3, 0.4) is 0 Å². The van der Waals surface area contributed by atoms with Gasteiger partial charge in [-0.15, -0.1) is 0 Å². The Bertz CT molecular complexity index is 315. The molecule has 0 heterocycles. The van der Waals surface area contributed by atoms with Gasteiger partial charge in [-0.1, -0.05) is 5.57 Å². The van der Waals surface area contributed by atoms with Crippen LogP contribution in [0, 0.1) is 0 Å². The molecule has 5 heteroatoms. The summed E-state index contributed by atoms with van der Waals surface area (Å²) in [5.41, 5.74) is 0.351. The van der Waals surface area contributed by atoms with Crippen molar-refractivity contribution in [3.8, 4) is 0 Å². The zero-order valence-electron chi connectivity index (χ0n) is 11.8. The Balaban J connectivity index is 3.91. The lowest BCUT2D eigenvalue weighted by molar-refractivity contribution is -0.137. The quantitative estimate of drug-likeness (QED) is 0.606. The molecule has 0 radical (unpaired) electrons. The lowest BCUT2D eigenvalue weighted by Crippen LogP contribution is -2.33. The highest BCUT2D eigenvalue weighted by Gasteiger charge is 2.15. The van der Waals surface area contributed by atoms with Gasteiger partial charge >= 0.3 is 12.1 Å². The van der Waals surface area contributed by atoms with E-state index in [0.29, 0.717) is 19.6 Å². The van der Waals surface area contributed by atoms with Crippen molar-refractivity contribution in [2.45, 2.75) is 46.6 Å². The van der Waals surface area contributed by atoms with Crippen molar-refractivity contribution in [1.82, 2.24) is 5.32 Å². The van der Waals surface area contributed by atoms with E-state index >= 15 is 0 Å².